The summed E-state index contributed by atoms with van der Waals surface area (Å²) >= 11 is 0. The Kier molecular flexibility index (Phi) is 4.08. The molecule has 1 aliphatic rings. The van der Waals surface area contributed by atoms with Crippen LogP contribution in [0.5, 0.6) is 0 Å². The predicted octanol–water partition coefficient (Wildman–Crippen LogP) is 1.19. The number of nitrogens with one attached hydrogen (secondary N) is 1. The van der Waals surface area contributed by atoms with E-state index in [4.69, 9.17) is 4.74 Å². The van der Waals surface area contributed by atoms with Gasteiger partial charge in [0.05, 0.1) is 13.2 Å². The molecule has 0 amide bonds. The van der Waals surface area contributed by atoms with Crippen LogP contribution in [-0.4, -0.2) is 32.6 Å². The van der Waals surface area contributed by atoms with Gasteiger partial charge >= 0.3 is 0 Å². The van der Waals surface area contributed by atoms with Crippen LogP contribution < -0.4 is 5.32 Å². The molecular weight excluding hydrogens is 152 g/mol. The fraction of sp³-hybridized carbons (Fsp3) is 0.889. The minimum absolute atomic E-state index is 0.420. The number of nitrogens with zero attached hydrogens (tertiary/aromatic N) is 1. The van der Waals surface area contributed by atoms with Crippen molar-refractivity contribution in [1.82, 2.24) is 5.32 Å². The molecule has 1 aliphatic carbocycles. The van der Waals surface area contributed by atoms with Gasteiger partial charge in [-0.05, 0) is 19.9 Å². The molecule has 2 atom stereocenters. The molecule has 0 aromatic carbocycles. The van der Waals surface area contributed by atoms with Crippen LogP contribution in [0.4, 0.5) is 0 Å². The van der Waals surface area contributed by atoms with Crippen molar-refractivity contribution < 1.29 is 4.74 Å². The summed E-state index contributed by atoms with van der Waals surface area (Å²) in [4.78, 5) is 4.34. The highest BCUT2D eigenvalue weighted by atomic mass is 16.5. The molecular formula is C9H18N2O. The Morgan fingerprint density at radius 2 is 2.17 bits per heavy atom. The van der Waals surface area contributed by atoms with E-state index < -0.39 is 0 Å². The van der Waals surface area contributed by atoms with Crippen molar-refractivity contribution in [3.63, 3.8) is 0 Å². The number of methoxy groups -OCH3 is 1. The van der Waals surface area contributed by atoms with Crippen molar-refractivity contribution >= 4 is 6.40 Å². The molecule has 1 fully saturated rings. The third-order valence-corrected chi connectivity index (χ3v) is 2.46. The van der Waals surface area contributed by atoms with Gasteiger partial charge in [-0.15, -0.1) is 0 Å². The molecule has 0 spiro atoms. The summed E-state index contributed by atoms with van der Waals surface area (Å²) in [7, 11) is 3.64. The highest BCUT2D eigenvalue weighted by Crippen LogP contribution is 2.20. The molecule has 1 rings (SSSR count). The van der Waals surface area contributed by atoms with Crippen LogP contribution in [0.1, 0.15) is 25.7 Å². The largest absolute Gasteiger partial charge is 0.487 e. The lowest BCUT2D eigenvalue weighted by atomic mass is 9.91. The molecule has 1 N–H and O–H groups in total. The molecule has 70 valence electrons. The monoisotopic (exact) mass is 170 g/mol. The van der Waals surface area contributed by atoms with Crippen molar-refractivity contribution in [3.8, 4) is 0 Å². The summed E-state index contributed by atoms with van der Waals surface area (Å²) in [6.07, 6.45) is 6.60. The standard InChI is InChI=1S/C9H18N2O/c1-10-8-5-3-4-6-9(8)11-7-12-2/h7-10H,3-6H2,1-2H3. The van der Waals surface area contributed by atoms with Crippen molar-refractivity contribution in [1.29, 1.82) is 0 Å². The van der Waals surface area contributed by atoms with Gasteiger partial charge in [-0.25, -0.2) is 0 Å². The van der Waals surface area contributed by atoms with Gasteiger partial charge in [0.15, 0.2) is 6.40 Å². The zero-order valence-electron chi connectivity index (χ0n) is 7.92. The van der Waals surface area contributed by atoms with Gasteiger partial charge in [-0.3, -0.25) is 4.99 Å². The highest BCUT2D eigenvalue weighted by molar-refractivity contribution is 5.46. The number of rotatable bonds is 3. The number of likely N-dealkylation sites (N-methyl/N-ethyl adjacent to an activating group) is 1. The average Bonchev–Trinajstić information content (AvgIpc) is 2.15. The molecule has 0 saturated heterocycles. The Balaban J connectivity index is 2.41. The minimum atomic E-state index is 0.420. The number of aliphatic imine (C=N–C) groups is 1. The van der Waals surface area contributed by atoms with Gasteiger partial charge in [0, 0.05) is 6.04 Å². The molecule has 0 heterocycles. The Hall–Kier alpha value is -0.570. The van der Waals surface area contributed by atoms with Crippen molar-refractivity contribution in [2.24, 2.45) is 4.99 Å². The Labute approximate surface area is 74.2 Å². The van der Waals surface area contributed by atoms with E-state index in [0.29, 0.717) is 12.1 Å². The summed E-state index contributed by atoms with van der Waals surface area (Å²) in [5, 5.41) is 3.29. The molecule has 3 nitrogen and oxygen atoms in total. The fourth-order valence-corrected chi connectivity index (χ4v) is 1.77. The zero-order valence-corrected chi connectivity index (χ0v) is 7.92. The van der Waals surface area contributed by atoms with Gasteiger partial charge in [0.1, 0.15) is 0 Å². The molecule has 0 aromatic heterocycles. The van der Waals surface area contributed by atoms with E-state index in [1.54, 1.807) is 13.5 Å². The lowest BCUT2D eigenvalue weighted by Gasteiger charge is -2.27. The Morgan fingerprint density at radius 3 is 2.83 bits per heavy atom. The summed E-state index contributed by atoms with van der Waals surface area (Å²) in [5.74, 6) is 0. The number of hydrogen-bond donors (Lipinski definition) is 1. The van der Waals surface area contributed by atoms with Crippen molar-refractivity contribution in [2.75, 3.05) is 14.2 Å². The first-order valence-corrected chi connectivity index (χ1v) is 4.60. The van der Waals surface area contributed by atoms with E-state index in [-0.39, 0.29) is 0 Å². The van der Waals surface area contributed by atoms with Gasteiger partial charge < -0.3 is 10.1 Å². The third-order valence-electron chi connectivity index (χ3n) is 2.46. The minimum Gasteiger partial charge on any atom is -0.487 e. The van der Waals surface area contributed by atoms with E-state index >= 15 is 0 Å². The van der Waals surface area contributed by atoms with Crippen LogP contribution in [0.25, 0.3) is 0 Å². The Bertz CT molecular complexity index is 147. The van der Waals surface area contributed by atoms with Crippen LogP contribution in [0, 0.1) is 0 Å². The van der Waals surface area contributed by atoms with Crippen LogP contribution in [-0.2, 0) is 4.74 Å². The number of hydrogen-bond acceptors (Lipinski definition) is 3. The number of ether oxygens (including phenoxy) is 1. The summed E-state index contributed by atoms with van der Waals surface area (Å²) in [5.41, 5.74) is 0. The normalized spacial score (nSPS) is 30.8. The second-order valence-corrected chi connectivity index (χ2v) is 3.24. The molecule has 0 aliphatic heterocycles. The molecule has 3 heteroatoms. The summed E-state index contributed by atoms with van der Waals surface area (Å²) < 4.78 is 4.82. The fourth-order valence-electron chi connectivity index (χ4n) is 1.77. The lowest BCUT2D eigenvalue weighted by molar-refractivity contribution is 0.337. The maximum atomic E-state index is 4.82. The first-order chi connectivity index (χ1) is 5.88. The zero-order chi connectivity index (χ0) is 8.81. The molecule has 0 aromatic rings. The van der Waals surface area contributed by atoms with Gasteiger partial charge in [-0.1, -0.05) is 12.8 Å². The summed E-state index contributed by atoms with van der Waals surface area (Å²) in [6.45, 7) is 0. The topological polar surface area (TPSA) is 33.6 Å². The lowest BCUT2D eigenvalue weighted by Crippen LogP contribution is -2.39. The van der Waals surface area contributed by atoms with Crippen LogP contribution >= 0.6 is 0 Å². The molecule has 2 unspecified atom stereocenters. The second kappa shape index (κ2) is 5.14. The van der Waals surface area contributed by atoms with E-state index in [0.717, 1.165) is 0 Å². The maximum Gasteiger partial charge on any atom is 0.169 e. The molecule has 0 radical (unpaired) electrons. The second-order valence-electron chi connectivity index (χ2n) is 3.24. The van der Waals surface area contributed by atoms with Crippen LogP contribution in [0.3, 0.4) is 0 Å². The first kappa shape index (κ1) is 9.52. The SMILES string of the molecule is CNC1CCCCC1N=COC. The summed E-state index contributed by atoms with van der Waals surface area (Å²) in [6, 6.07) is 0.967. The van der Waals surface area contributed by atoms with E-state index in [1.807, 2.05) is 7.05 Å². The maximum absolute atomic E-state index is 4.82. The highest BCUT2D eigenvalue weighted by Gasteiger charge is 2.22. The molecule has 1 saturated carbocycles. The van der Waals surface area contributed by atoms with E-state index in [9.17, 15) is 0 Å². The van der Waals surface area contributed by atoms with Gasteiger partial charge in [0.2, 0.25) is 0 Å². The van der Waals surface area contributed by atoms with E-state index in [1.165, 1.54) is 25.7 Å². The van der Waals surface area contributed by atoms with Crippen molar-refractivity contribution in [2.45, 2.75) is 37.8 Å². The molecule has 0 bridgehead atoms. The van der Waals surface area contributed by atoms with Gasteiger partial charge in [0.25, 0.3) is 0 Å². The quantitative estimate of drug-likeness (QED) is 0.510. The van der Waals surface area contributed by atoms with Crippen LogP contribution in [0.15, 0.2) is 4.99 Å². The smallest absolute Gasteiger partial charge is 0.169 e. The Morgan fingerprint density at radius 1 is 1.42 bits per heavy atom. The molecule has 12 heavy (non-hydrogen) atoms. The van der Waals surface area contributed by atoms with Crippen LogP contribution in [0.2, 0.25) is 0 Å². The third kappa shape index (κ3) is 2.48. The average molecular weight is 170 g/mol. The predicted molar refractivity (Wildman–Crippen MR) is 50.6 cm³/mol. The first-order valence-electron chi connectivity index (χ1n) is 4.60. The van der Waals surface area contributed by atoms with Gasteiger partial charge in [-0.2, -0.15) is 0 Å². The van der Waals surface area contributed by atoms with Crippen molar-refractivity contribution in [3.05, 3.63) is 0 Å². The van der Waals surface area contributed by atoms with E-state index in [2.05, 4.69) is 10.3 Å².